The van der Waals surface area contributed by atoms with Crippen LogP contribution in [0.5, 0.6) is 0 Å². The lowest BCUT2D eigenvalue weighted by Gasteiger charge is -2.72. The maximum Gasteiger partial charge on any atom is 0.335 e. The topological polar surface area (TPSA) is 61.8 Å². The molecule has 1 aromatic carbocycles. The van der Waals surface area contributed by atoms with Crippen LogP contribution >= 0.6 is 0 Å². The van der Waals surface area contributed by atoms with Gasteiger partial charge in [-0.1, -0.05) is 65.0 Å². The summed E-state index contributed by atoms with van der Waals surface area (Å²) in [6, 6.07) is 7.66. The Labute approximate surface area is 291 Å². The summed E-state index contributed by atoms with van der Waals surface area (Å²) in [5.41, 5.74) is 5.83. The summed E-state index contributed by atoms with van der Waals surface area (Å²) in [7, 11) is 0. The summed E-state index contributed by atoms with van der Waals surface area (Å²) >= 11 is 0. The van der Waals surface area contributed by atoms with Crippen LogP contribution in [0.15, 0.2) is 42.5 Å². The molecule has 5 aliphatic carbocycles. The molecule has 0 spiro atoms. The molecule has 9 atom stereocenters. The fourth-order valence-electron chi connectivity index (χ4n) is 13.9. The third kappa shape index (κ3) is 5.22. The standard InChI is InChI=1S/C43H64N2O3/c1-29(2)32-14-19-43(28-44-22-23-45-24-26-48-27-25-45)21-20-41(6)34(37(32)43)12-13-36-40(5)17-15-33(30-8-10-31(11-9-30)38(46)47)39(3,4)35(40)16-18-42(36,41)7/h8-11,15,32,34-37,44H,1,12-14,16-28H2,2-7H3,(H,46,47)/t32-,34+,35-,36+,37+,40-,41+,42+,43+/m0/s1. The van der Waals surface area contributed by atoms with Gasteiger partial charge in [0.2, 0.25) is 0 Å². The predicted octanol–water partition coefficient (Wildman–Crippen LogP) is 8.96. The molecule has 1 aromatic rings. The van der Waals surface area contributed by atoms with E-state index in [2.05, 4.69) is 64.4 Å². The number of allylic oxidation sites excluding steroid dienone is 3. The van der Waals surface area contributed by atoms with Gasteiger partial charge in [-0.25, -0.2) is 4.79 Å². The summed E-state index contributed by atoms with van der Waals surface area (Å²) in [6.45, 7) is 27.4. The molecule has 5 heteroatoms. The quantitative estimate of drug-likeness (QED) is 0.216. The van der Waals surface area contributed by atoms with E-state index in [-0.39, 0.29) is 10.8 Å². The van der Waals surface area contributed by atoms with Crippen molar-refractivity contribution in [3.8, 4) is 0 Å². The Bertz CT molecular complexity index is 1430. The molecule has 5 nitrogen and oxygen atoms in total. The zero-order valence-electron chi connectivity index (χ0n) is 31.0. The second-order valence-corrected chi connectivity index (χ2v) is 18.6. The van der Waals surface area contributed by atoms with E-state index in [1.54, 1.807) is 12.1 Å². The lowest BCUT2D eigenvalue weighted by atomic mass is 9.32. The van der Waals surface area contributed by atoms with Crippen molar-refractivity contribution in [2.45, 2.75) is 99.3 Å². The van der Waals surface area contributed by atoms with E-state index in [4.69, 9.17) is 4.74 Å². The SMILES string of the molecule is C=C(C)[C@@H]1CC[C@]2(CNCCN3CCOCC3)CC[C@]3(C)[C@H](CC[C@@H]4[C@@]5(C)CC=C(c6ccc(C(=O)O)cc6)C(C)(C)[C@@H]5CC[C@]43C)[C@@H]12. The molecule has 0 radical (unpaired) electrons. The number of ether oxygens (including phenoxy) is 1. The zero-order chi connectivity index (χ0) is 34.1. The Morgan fingerprint density at radius 1 is 0.938 bits per heavy atom. The summed E-state index contributed by atoms with van der Waals surface area (Å²) < 4.78 is 5.59. The smallest absolute Gasteiger partial charge is 0.335 e. The number of morpholine rings is 1. The molecule has 0 amide bonds. The van der Waals surface area contributed by atoms with Gasteiger partial charge in [0, 0.05) is 32.7 Å². The molecule has 0 aromatic heterocycles. The van der Waals surface area contributed by atoms with Gasteiger partial charge in [0.1, 0.15) is 0 Å². The number of aromatic carboxylic acids is 1. The van der Waals surface area contributed by atoms with Crippen molar-refractivity contribution in [3.05, 3.63) is 53.6 Å². The fraction of sp³-hybridized carbons (Fsp3) is 0.744. The number of nitrogens with one attached hydrogen (secondary N) is 1. The Hall–Kier alpha value is -1.95. The monoisotopic (exact) mass is 656 g/mol. The van der Waals surface area contributed by atoms with Crippen molar-refractivity contribution >= 4 is 11.5 Å². The molecular weight excluding hydrogens is 592 g/mol. The Morgan fingerprint density at radius 3 is 2.35 bits per heavy atom. The maximum absolute atomic E-state index is 11.6. The third-order valence-electron chi connectivity index (χ3n) is 16.4. The van der Waals surface area contributed by atoms with Crippen LogP contribution in [0.2, 0.25) is 0 Å². The molecule has 6 aliphatic rings. The summed E-state index contributed by atoms with van der Waals surface area (Å²) in [5.74, 6) is 2.67. The Morgan fingerprint density at radius 2 is 1.67 bits per heavy atom. The van der Waals surface area contributed by atoms with E-state index in [1.165, 1.54) is 74.6 Å². The lowest BCUT2D eigenvalue weighted by molar-refractivity contribution is -0.225. The van der Waals surface area contributed by atoms with Gasteiger partial charge >= 0.3 is 5.97 Å². The van der Waals surface area contributed by atoms with Crippen LogP contribution in [0.3, 0.4) is 0 Å². The van der Waals surface area contributed by atoms with Crippen molar-refractivity contribution in [3.63, 3.8) is 0 Å². The average molecular weight is 657 g/mol. The normalized spacial score (nSPS) is 42.1. The van der Waals surface area contributed by atoms with Crippen LogP contribution in [-0.2, 0) is 4.74 Å². The number of fused-ring (bicyclic) bond motifs is 7. The molecule has 1 aliphatic heterocycles. The molecule has 1 saturated heterocycles. The van der Waals surface area contributed by atoms with Crippen LogP contribution in [-0.4, -0.2) is 61.9 Å². The van der Waals surface area contributed by atoms with E-state index in [0.717, 1.165) is 63.6 Å². The van der Waals surface area contributed by atoms with Crippen LogP contribution in [0.25, 0.3) is 5.57 Å². The number of rotatable bonds is 8. The van der Waals surface area contributed by atoms with Gasteiger partial charge in [-0.05, 0) is 145 Å². The zero-order valence-corrected chi connectivity index (χ0v) is 31.0. The van der Waals surface area contributed by atoms with E-state index in [1.807, 2.05) is 12.1 Å². The summed E-state index contributed by atoms with van der Waals surface area (Å²) in [5, 5.41) is 13.5. The Balaban J connectivity index is 1.14. The number of carboxylic acid groups (broad SMARTS) is 1. The summed E-state index contributed by atoms with van der Waals surface area (Å²) in [6.07, 6.45) is 14.5. The second kappa shape index (κ2) is 12.4. The van der Waals surface area contributed by atoms with Crippen LogP contribution in [0, 0.1) is 56.7 Å². The van der Waals surface area contributed by atoms with E-state index in [0.29, 0.717) is 33.6 Å². The van der Waals surface area contributed by atoms with Crippen molar-refractivity contribution in [1.29, 1.82) is 0 Å². The van der Waals surface area contributed by atoms with Gasteiger partial charge < -0.3 is 15.2 Å². The number of carboxylic acids is 1. The molecule has 1 heterocycles. The first-order valence-electron chi connectivity index (χ1n) is 19.5. The first-order chi connectivity index (χ1) is 22.8. The third-order valence-corrected chi connectivity index (χ3v) is 16.4. The number of benzene rings is 1. The van der Waals surface area contributed by atoms with Gasteiger partial charge in [0.15, 0.2) is 0 Å². The maximum atomic E-state index is 11.6. The molecule has 48 heavy (non-hydrogen) atoms. The predicted molar refractivity (Wildman–Crippen MR) is 196 cm³/mol. The number of hydrogen-bond donors (Lipinski definition) is 2. The first kappa shape index (κ1) is 34.5. The van der Waals surface area contributed by atoms with Crippen molar-refractivity contribution in [2.75, 3.05) is 45.9 Å². The molecule has 7 rings (SSSR count). The molecule has 2 N–H and O–H groups in total. The van der Waals surface area contributed by atoms with E-state index in [9.17, 15) is 9.90 Å². The molecule has 264 valence electrons. The first-order valence-corrected chi connectivity index (χ1v) is 19.5. The molecule has 0 unspecified atom stereocenters. The average Bonchev–Trinajstić information content (AvgIpc) is 3.44. The molecule has 0 bridgehead atoms. The van der Waals surface area contributed by atoms with Gasteiger partial charge in [0.25, 0.3) is 0 Å². The minimum Gasteiger partial charge on any atom is -0.478 e. The highest BCUT2D eigenvalue weighted by Gasteiger charge is 2.70. The van der Waals surface area contributed by atoms with Gasteiger partial charge in [-0.3, -0.25) is 4.90 Å². The van der Waals surface area contributed by atoms with E-state index >= 15 is 0 Å². The van der Waals surface area contributed by atoms with Gasteiger partial charge in [-0.15, -0.1) is 0 Å². The molecular formula is C43H64N2O3. The number of hydrogen-bond acceptors (Lipinski definition) is 4. The lowest BCUT2D eigenvalue weighted by Crippen LogP contribution is -2.65. The number of carbonyl (C=O) groups is 1. The molecule has 5 fully saturated rings. The van der Waals surface area contributed by atoms with Crippen LogP contribution in [0.4, 0.5) is 0 Å². The van der Waals surface area contributed by atoms with Gasteiger partial charge in [-0.2, -0.15) is 0 Å². The number of nitrogens with zero attached hydrogens (tertiary/aromatic N) is 1. The van der Waals surface area contributed by atoms with Gasteiger partial charge in [0.05, 0.1) is 18.8 Å². The van der Waals surface area contributed by atoms with Crippen molar-refractivity contribution in [2.24, 2.45) is 56.7 Å². The second-order valence-electron chi connectivity index (χ2n) is 18.6. The highest BCUT2D eigenvalue weighted by molar-refractivity contribution is 5.88. The van der Waals surface area contributed by atoms with Crippen molar-refractivity contribution < 1.29 is 14.6 Å². The molecule has 4 saturated carbocycles. The summed E-state index contributed by atoms with van der Waals surface area (Å²) in [4.78, 5) is 14.1. The highest BCUT2D eigenvalue weighted by atomic mass is 16.5. The Kier molecular flexibility index (Phi) is 8.89. The van der Waals surface area contributed by atoms with Crippen molar-refractivity contribution in [1.82, 2.24) is 10.2 Å². The van der Waals surface area contributed by atoms with E-state index < -0.39 is 5.97 Å². The minimum atomic E-state index is -0.853. The van der Waals surface area contributed by atoms with Crippen LogP contribution in [0.1, 0.15) is 115 Å². The minimum absolute atomic E-state index is 0.0436. The highest BCUT2D eigenvalue weighted by Crippen LogP contribution is 2.77. The largest absolute Gasteiger partial charge is 0.478 e. The van der Waals surface area contributed by atoms with Crippen LogP contribution < -0.4 is 5.32 Å². The fourth-order valence-corrected chi connectivity index (χ4v) is 13.9.